The van der Waals surface area contributed by atoms with Gasteiger partial charge in [0.05, 0.1) is 5.39 Å². The number of aromatic carboxylic acids is 1. The summed E-state index contributed by atoms with van der Waals surface area (Å²) in [7, 11) is 0. The number of carboxylic acids is 1. The number of halogens is 1. The highest BCUT2D eigenvalue weighted by molar-refractivity contribution is 9.10. The van der Waals surface area contributed by atoms with Crippen LogP contribution in [-0.2, 0) is 0 Å². The number of rotatable bonds is 1. The van der Waals surface area contributed by atoms with Crippen LogP contribution in [0.4, 0.5) is 0 Å². The minimum absolute atomic E-state index is 0.0718. The van der Waals surface area contributed by atoms with E-state index in [1.165, 1.54) is 6.20 Å². The van der Waals surface area contributed by atoms with Crippen molar-refractivity contribution in [1.29, 1.82) is 0 Å². The fraction of sp³-hybridized carbons (Fsp3) is 0. The third-order valence-corrected chi connectivity index (χ3v) is 1.92. The van der Waals surface area contributed by atoms with Gasteiger partial charge in [-0.05, 0) is 15.9 Å². The first kappa shape index (κ1) is 8.18. The van der Waals surface area contributed by atoms with Gasteiger partial charge in [-0.2, -0.15) is 4.98 Å². The third kappa shape index (κ3) is 1.29. The minimum Gasteiger partial charge on any atom is -0.478 e. The molecule has 6 heteroatoms. The van der Waals surface area contributed by atoms with Crippen molar-refractivity contribution < 1.29 is 14.3 Å². The summed E-state index contributed by atoms with van der Waals surface area (Å²) in [6, 6.07) is 0. The monoisotopic (exact) mass is 242 g/mol. The van der Waals surface area contributed by atoms with E-state index >= 15 is 0 Å². The van der Waals surface area contributed by atoms with Gasteiger partial charge in [-0.15, -0.1) is 0 Å². The molecule has 0 unspecified atom stereocenters. The van der Waals surface area contributed by atoms with E-state index in [4.69, 9.17) is 9.52 Å². The maximum Gasteiger partial charge on any atom is 0.339 e. The molecule has 2 heterocycles. The highest BCUT2D eigenvalue weighted by Gasteiger charge is 2.13. The van der Waals surface area contributed by atoms with E-state index < -0.39 is 5.97 Å². The fourth-order valence-electron chi connectivity index (χ4n) is 0.964. The number of carbonyl (C=O) groups is 1. The van der Waals surface area contributed by atoms with Crippen LogP contribution in [0.15, 0.2) is 21.6 Å². The van der Waals surface area contributed by atoms with Crippen molar-refractivity contribution in [3.05, 3.63) is 22.8 Å². The lowest BCUT2D eigenvalue weighted by Crippen LogP contribution is -1.94. The maximum absolute atomic E-state index is 10.6. The highest BCUT2D eigenvalue weighted by atomic mass is 79.9. The SMILES string of the molecule is O=C(O)c1coc2nc(Br)ncc12. The molecule has 0 aliphatic rings. The molecule has 66 valence electrons. The zero-order valence-corrected chi connectivity index (χ0v) is 7.78. The Labute approximate surface area is 80.5 Å². The Morgan fingerprint density at radius 1 is 1.62 bits per heavy atom. The van der Waals surface area contributed by atoms with Crippen molar-refractivity contribution in [1.82, 2.24) is 9.97 Å². The number of aromatic nitrogens is 2. The van der Waals surface area contributed by atoms with E-state index in [1.54, 1.807) is 0 Å². The van der Waals surface area contributed by atoms with Gasteiger partial charge < -0.3 is 9.52 Å². The van der Waals surface area contributed by atoms with Crippen molar-refractivity contribution in [2.45, 2.75) is 0 Å². The van der Waals surface area contributed by atoms with E-state index in [1.807, 2.05) is 0 Å². The Bertz CT molecular complexity index is 480. The summed E-state index contributed by atoms with van der Waals surface area (Å²) < 4.78 is 5.30. The lowest BCUT2D eigenvalue weighted by molar-refractivity contribution is 0.0698. The summed E-state index contributed by atoms with van der Waals surface area (Å²) in [6.07, 6.45) is 2.55. The molecule has 0 aromatic carbocycles. The Hall–Kier alpha value is -1.43. The Balaban J connectivity index is 2.76. The molecule has 0 atom stereocenters. The molecule has 0 aliphatic heterocycles. The normalized spacial score (nSPS) is 10.5. The summed E-state index contributed by atoms with van der Waals surface area (Å²) in [4.78, 5) is 18.3. The predicted octanol–water partition coefficient (Wildman–Crippen LogP) is 1.68. The second-order valence-electron chi connectivity index (χ2n) is 2.31. The molecule has 13 heavy (non-hydrogen) atoms. The molecule has 5 nitrogen and oxygen atoms in total. The molecule has 0 amide bonds. The maximum atomic E-state index is 10.6. The molecule has 0 saturated carbocycles. The van der Waals surface area contributed by atoms with Gasteiger partial charge in [0.25, 0.3) is 0 Å². The lowest BCUT2D eigenvalue weighted by atomic mass is 10.2. The van der Waals surface area contributed by atoms with Crippen LogP contribution < -0.4 is 0 Å². The van der Waals surface area contributed by atoms with Crippen LogP contribution in [0, 0.1) is 0 Å². The van der Waals surface area contributed by atoms with Crippen molar-refractivity contribution in [3.8, 4) is 0 Å². The third-order valence-electron chi connectivity index (χ3n) is 1.53. The molecular weight excluding hydrogens is 240 g/mol. The largest absolute Gasteiger partial charge is 0.478 e. The molecule has 2 aromatic heterocycles. The second-order valence-corrected chi connectivity index (χ2v) is 3.02. The first-order chi connectivity index (χ1) is 6.18. The van der Waals surface area contributed by atoms with Crippen molar-refractivity contribution >= 4 is 33.0 Å². The summed E-state index contributed by atoms with van der Waals surface area (Å²) in [5.41, 5.74) is 0.335. The zero-order valence-electron chi connectivity index (χ0n) is 6.19. The van der Waals surface area contributed by atoms with Gasteiger partial charge >= 0.3 is 5.97 Å². The van der Waals surface area contributed by atoms with Crippen LogP contribution in [0.2, 0.25) is 0 Å². The van der Waals surface area contributed by atoms with E-state index in [9.17, 15) is 4.79 Å². The number of nitrogens with zero attached hydrogens (tertiary/aromatic N) is 2. The van der Waals surface area contributed by atoms with Crippen molar-refractivity contribution in [2.75, 3.05) is 0 Å². The molecule has 0 bridgehead atoms. The van der Waals surface area contributed by atoms with Crippen LogP contribution in [0.5, 0.6) is 0 Å². The Morgan fingerprint density at radius 3 is 3.08 bits per heavy atom. The molecule has 2 rings (SSSR count). The van der Waals surface area contributed by atoms with Gasteiger partial charge in [0.15, 0.2) is 4.73 Å². The highest BCUT2D eigenvalue weighted by Crippen LogP contribution is 2.19. The van der Waals surface area contributed by atoms with E-state index in [-0.39, 0.29) is 11.3 Å². The smallest absolute Gasteiger partial charge is 0.339 e. The average molecular weight is 243 g/mol. The predicted molar refractivity (Wildman–Crippen MR) is 46.5 cm³/mol. The Morgan fingerprint density at radius 2 is 2.38 bits per heavy atom. The summed E-state index contributed by atoms with van der Waals surface area (Å²) in [5, 5.41) is 9.11. The van der Waals surface area contributed by atoms with Crippen LogP contribution in [0.1, 0.15) is 10.4 Å². The second kappa shape index (κ2) is 2.81. The molecule has 0 aliphatic carbocycles. The average Bonchev–Trinajstić information content (AvgIpc) is 2.46. The Kier molecular flexibility index (Phi) is 1.77. The minimum atomic E-state index is -1.05. The van der Waals surface area contributed by atoms with Crippen LogP contribution >= 0.6 is 15.9 Å². The van der Waals surface area contributed by atoms with Gasteiger partial charge in [-0.3, -0.25) is 0 Å². The topological polar surface area (TPSA) is 76.2 Å². The molecule has 0 spiro atoms. The molecule has 0 radical (unpaired) electrons. The summed E-state index contributed by atoms with van der Waals surface area (Å²) >= 11 is 3.05. The molecule has 0 saturated heterocycles. The first-order valence-electron chi connectivity index (χ1n) is 3.31. The standard InChI is InChI=1S/C7H3BrN2O3/c8-7-9-1-3-4(6(11)12)2-13-5(3)10-7/h1-2H,(H,11,12). The number of hydrogen-bond donors (Lipinski definition) is 1. The zero-order chi connectivity index (χ0) is 9.42. The van der Waals surface area contributed by atoms with Crippen LogP contribution in [0.3, 0.4) is 0 Å². The van der Waals surface area contributed by atoms with Gasteiger partial charge in [-0.25, -0.2) is 9.78 Å². The van der Waals surface area contributed by atoms with E-state index in [0.717, 1.165) is 6.26 Å². The van der Waals surface area contributed by atoms with E-state index in [2.05, 4.69) is 25.9 Å². The summed E-state index contributed by atoms with van der Waals surface area (Å²) in [6.45, 7) is 0. The molecule has 1 N–H and O–H groups in total. The quantitative estimate of drug-likeness (QED) is 0.771. The van der Waals surface area contributed by atoms with Crippen molar-refractivity contribution in [2.24, 2.45) is 0 Å². The first-order valence-corrected chi connectivity index (χ1v) is 4.11. The number of carboxylic acid groups (broad SMARTS) is 1. The number of fused-ring (bicyclic) bond motifs is 1. The lowest BCUT2D eigenvalue weighted by Gasteiger charge is -1.89. The molecule has 0 fully saturated rings. The van der Waals surface area contributed by atoms with Crippen LogP contribution in [0.25, 0.3) is 11.1 Å². The van der Waals surface area contributed by atoms with E-state index in [0.29, 0.717) is 10.1 Å². The van der Waals surface area contributed by atoms with Gasteiger partial charge in [0.1, 0.15) is 11.8 Å². The number of hydrogen-bond acceptors (Lipinski definition) is 4. The molecular formula is C7H3BrN2O3. The van der Waals surface area contributed by atoms with Gasteiger partial charge in [-0.1, -0.05) is 0 Å². The number of furan rings is 1. The van der Waals surface area contributed by atoms with Gasteiger partial charge in [0.2, 0.25) is 5.71 Å². The van der Waals surface area contributed by atoms with Crippen molar-refractivity contribution in [3.63, 3.8) is 0 Å². The summed E-state index contributed by atoms with van der Waals surface area (Å²) in [5.74, 6) is -1.05. The molecule has 2 aromatic rings. The fourth-order valence-corrected chi connectivity index (χ4v) is 1.23. The van der Waals surface area contributed by atoms with Crippen LogP contribution in [-0.4, -0.2) is 21.0 Å². The van der Waals surface area contributed by atoms with Gasteiger partial charge in [0, 0.05) is 6.20 Å².